The van der Waals surface area contributed by atoms with Crippen LogP contribution in [-0.4, -0.2) is 50.1 Å². The summed E-state index contributed by atoms with van der Waals surface area (Å²) in [6.45, 7) is 3.91. The fourth-order valence-electron chi connectivity index (χ4n) is 2.90. The molecule has 1 aromatic carbocycles. The topological polar surface area (TPSA) is 74.3 Å². The van der Waals surface area contributed by atoms with Crippen LogP contribution in [0.25, 0.3) is 0 Å². The van der Waals surface area contributed by atoms with E-state index in [-0.39, 0.29) is 25.2 Å². The van der Waals surface area contributed by atoms with Gasteiger partial charge in [-0.2, -0.15) is 0 Å². The molecule has 27 heavy (non-hydrogen) atoms. The van der Waals surface area contributed by atoms with Crippen molar-refractivity contribution in [2.75, 3.05) is 21.0 Å². The Balaban J connectivity index is 2.23. The molecule has 0 fully saturated rings. The highest BCUT2D eigenvalue weighted by molar-refractivity contribution is 5.92. The van der Waals surface area contributed by atoms with Gasteiger partial charge in [0, 0.05) is 7.11 Å². The Morgan fingerprint density at radius 3 is 2.63 bits per heavy atom. The number of hydrogen-bond acceptors (Lipinski definition) is 6. The molecule has 146 valence electrons. The van der Waals surface area contributed by atoms with Gasteiger partial charge in [0.2, 0.25) is 0 Å². The van der Waals surface area contributed by atoms with E-state index < -0.39 is 18.1 Å². The minimum atomic E-state index is -0.645. The van der Waals surface area contributed by atoms with Crippen LogP contribution in [0.1, 0.15) is 18.4 Å². The fraction of sp³-hybridized carbons (Fsp3) is 0.400. The average Bonchev–Trinajstić information content (AvgIpc) is 2.71. The fourth-order valence-corrected chi connectivity index (χ4v) is 2.90. The van der Waals surface area contributed by atoms with E-state index in [2.05, 4.69) is 6.58 Å². The molecule has 1 aliphatic heterocycles. The van der Waals surface area contributed by atoms with Gasteiger partial charge in [-0.05, 0) is 18.4 Å². The molecule has 2 atom stereocenters. The maximum absolute atomic E-state index is 12.8. The largest absolute Gasteiger partial charge is 0.464 e. The van der Waals surface area contributed by atoms with Crippen LogP contribution < -0.4 is 0 Å². The molecule has 2 rings (SSSR count). The van der Waals surface area contributed by atoms with Gasteiger partial charge in [0.1, 0.15) is 19.1 Å². The van der Waals surface area contributed by atoms with Crippen molar-refractivity contribution in [1.29, 1.82) is 0 Å². The maximum atomic E-state index is 12.8. The van der Waals surface area contributed by atoms with Crippen LogP contribution in [0.5, 0.6) is 0 Å². The molecule has 0 aliphatic carbocycles. The smallest absolute Gasteiger partial charge is 0.415 e. The molecule has 1 heterocycles. The first-order valence-electron chi connectivity index (χ1n) is 8.62. The van der Waals surface area contributed by atoms with Crippen LogP contribution in [0.2, 0.25) is 0 Å². The Labute approximate surface area is 159 Å². The van der Waals surface area contributed by atoms with Crippen LogP contribution in [0.4, 0.5) is 4.79 Å². The van der Waals surface area contributed by atoms with E-state index in [4.69, 9.17) is 18.9 Å². The summed E-state index contributed by atoms with van der Waals surface area (Å²) in [5.41, 5.74) is 0.985. The third-order valence-corrected chi connectivity index (χ3v) is 4.17. The van der Waals surface area contributed by atoms with Gasteiger partial charge in [-0.15, -0.1) is 6.58 Å². The molecular formula is C20H25NO6. The lowest BCUT2D eigenvalue weighted by atomic mass is 9.97. The summed E-state index contributed by atoms with van der Waals surface area (Å²) in [7, 11) is 2.79. The number of nitrogens with zero attached hydrogens (tertiary/aromatic N) is 1. The van der Waals surface area contributed by atoms with Crippen molar-refractivity contribution in [3.05, 3.63) is 60.3 Å². The summed E-state index contributed by atoms with van der Waals surface area (Å²) in [5, 5.41) is 0. The molecule has 0 aromatic heterocycles. The number of carbonyl (C=O) groups is 2. The van der Waals surface area contributed by atoms with Crippen molar-refractivity contribution >= 4 is 12.1 Å². The van der Waals surface area contributed by atoms with Crippen LogP contribution in [0.15, 0.2) is 54.8 Å². The molecule has 7 nitrogen and oxygen atoms in total. The van der Waals surface area contributed by atoms with Crippen molar-refractivity contribution in [2.24, 2.45) is 0 Å². The summed E-state index contributed by atoms with van der Waals surface area (Å²) >= 11 is 0. The van der Waals surface area contributed by atoms with Crippen LogP contribution in [-0.2, 0) is 30.3 Å². The lowest BCUT2D eigenvalue weighted by molar-refractivity contribution is -0.140. The number of hydrogen-bond donors (Lipinski definition) is 0. The first kappa shape index (κ1) is 20.7. The third kappa shape index (κ3) is 5.42. The van der Waals surface area contributed by atoms with Gasteiger partial charge in [0.05, 0.1) is 19.3 Å². The number of rotatable bonds is 8. The van der Waals surface area contributed by atoms with Crippen molar-refractivity contribution in [3.63, 3.8) is 0 Å². The summed E-state index contributed by atoms with van der Waals surface area (Å²) < 4.78 is 20.9. The summed E-state index contributed by atoms with van der Waals surface area (Å²) in [6, 6.07) is 8.85. The second-order valence-corrected chi connectivity index (χ2v) is 5.93. The van der Waals surface area contributed by atoms with E-state index in [1.165, 1.54) is 19.1 Å². The SMILES string of the molecule is C=CC[C@H]1[C@H](OCOC)CC=C(C(=O)OC)N1C(=O)OCc1ccccc1. The van der Waals surface area contributed by atoms with Gasteiger partial charge < -0.3 is 18.9 Å². The normalized spacial score (nSPS) is 19.2. The number of carbonyl (C=O) groups excluding carboxylic acids is 2. The van der Waals surface area contributed by atoms with Crippen molar-refractivity contribution in [2.45, 2.75) is 31.6 Å². The van der Waals surface area contributed by atoms with Crippen molar-refractivity contribution in [3.8, 4) is 0 Å². The molecule has 0 saturated heterocycles. The Morgan fingerprint density at radius 1 is 1.26 bits per heavy atom. The molecule has 1 amide bonds. The minimum Gasteiger partial charge on any atom is -0.464 e. The maximum Gasteiger partial charge on any atom is 0.415 e. The Kier molecular flexibility index (Phi) is 8.03. The minimum absolute atomic E-state index is 0.0760. The van der Waals surface area contributed by atoms with Crippen molar-refractivity contribution < 1.29 is 28.5 Å². The monoisotopic (exact) mass is 375 g/mol. The first-order valence-corrected chi connectivity index (χ1v) is 8.62. The standard InChI is InChI=1S/C20H25NO6/c1-4-8-16-18(27-14-24-2)12-11-17(19(22)25-3)21(16)20(23)26-13-15-9-6-5-7-10-15/h4-7,9-11,16,18H,1,8,12-14H2,2-3H3/t16-,18+/m0/s1. The Hall–Kier alpha value is -2.64. The van der Waals surface area contributed by atoms with Crippen molar-refractivity contribution in [1.82, 2.24) is 4.90 Å². The summed E-state index contributed by atoms with van der Waals surface area (Å²) in [6.07, 6.45) is 3.15. The molecule has 1 aromatic rings. The quantitative estimate of drug-likeness (QED) is 0.395. The summed E-state index contributed by atoms with van der Waals surface area (Å²) in [4.78, 5) is 26.3. The highest BCUT2D eigenvalue weighted by atomic mass is 16.7. The van der Waals surface area contributed by atoms with E-state index in [9.17, 15) is 9.59 Å². The highest BCUT2D eigenvalue weighted by Gasteiger charge is 2.40. The second kappa shape index (κ2) is 10.5. The van der Waals surface area contributed by atoms with Crippen LogP contribution in [0.3, 0.4) is 0 Å². The number of methoxy groups -OCH3 is 2. The van der Waals surface area contributed by atoms with Gasteiger partial charge in [-0.1, -0.05) is 42.5 Å². The van der Waals surface area contributed by atoms with Crippen LogP contribution in [0, 0.1) is 0 Å². The van der Waals surface area contributed by atoms with Crippen LogP contribution >= 0.6 is 0 Å². The molecule has 0 saturated carbocycles. The van der Waals surface area contributed by atoms with E-state index in [1.54, 1.807) is 12.2 Å². The number of amides is 1. The van der Waals surface area contributed by atoms with E-state index >= 15 is 0 Å². The molecule has 0 radical (unpaired) electrons. The average molecular weight is 375 g/mol. The van der Waals surface area contributed by atoms with Gasteiger partial charge in [0.15, 0.2) is 0 Å². The second-order valence-electron chi connectivity index (χ2n) is 5.93. The zero-order chi connectivity index (χ0) is 19.6. The molecule has 0 N–H and O–H groups in total. The number of esters is 1. The first-order chi connectivity index (χ1) is 13.1. The molecule has 0 bridgehead atoms. The predicted molar refractivity (Wildman–Crippen MR) is 98.5 cm³/mol. The van der Waals surface area contributed by atoms with Gasteiger partial charge in [-0.25, -0.2) is 9.59 Å². The van der Waals surface area contributed by atoms with E-state index in [0.717, 1.165) is 5.56 Å². The highest BCUT2D eigenvalue weighted by Crippen LogP contribution is 2.28. The lowest BCUT2D eigenvalue weighted by Gasteiger charge is -2.39. The Bertz CT molecular complexity index is 672. The zero-order valence-corrected chi connectivity index (χ0v) is 15.6. The number of ether oxygens (including phenoxy) is 4. The molecule has 0 unspecified atom stereocenters. The number of benzene rings is 1. The lowest BCUT2D eigenvalue weighted by Crippen LogP contribution is -2.51. The van der Waals surface area contributed by atoms with Gasteiger partial charge in [-0.3, -0.25) is 4.90 Å². The summed E-state index contributed by atoms with van der Waals surface area (Å²) in [5.74, 6) is -0.606. The molecule has 0 spiro atoms. The third-order valence-electron chi connectivity index (χ3n) is 4.17. The molecular weight excluding hydrogens is 350 g/mol. The molecule has 1 aliphatic rings. The Morgan fingerprint density at radius 2 is 2.00 bits per heavy atom. The van der Waals surface area contributed by atoms with E-state index in [0.29, 0.717) is 12.8 Å². The predicted octanol–water partition coefficient (Wildman–Crippen LogP) is 3.02. The van der Waals surface area contributed by atoms with Gasteiger partial charge >= 0.3 is 12.1 Å². The van der Waals surface area contributed by atoms with E-state index in [1.807, 2.05) is 30.3 Å². The zero-order valence-electron chi connectivity index (χ0n) is 15.6. The molecule has 7 heteroatoms. The van der Waals surface area contributed by atoms with Gasteiger partial charge in [0.25, 0.3) is 0 Å².